The summed E-state index contributed by atoms with van der Waals surface area (Å²) < 4.78 is 1.87. The van der Waals surface area contributed by atoms with E-state index in [2.05, 4.69) is 35.3 Å². The van der Waals surface area contributed by atoms with Crippen LogP contribution in [-0.4, -0.2) is 26.5 Å². The Labute approximate surface area is 112 Å². The molecule has 98 valence electrons. The highest BCUT2D eigenvalue weighted by atomic mass is 35.5. The maximum atomic E-state index is 5.93. The lowest BCUT2D eigenvalue weighted by molar-refractivity contribution is 0.786. The molecule has 0 saturated heterocycles. The zero-order valence-electron chi connectivity index (χ0n) is 11.0. The SMILES string of the molecule is CC(Cl)CCNc1nccn2nc(C(C)C)cc12. The van der Waals surface area contributed by atoms with Gasteiger partial charge in [-0.05, 0) is 25.3 Å². The van der Waals surface area contributed by atoms with Gasteiger partial charge in [0.25, 0.3) is 0 Å². The summed E-state index contributed by atoms with van der Waals surface area (Å²) in [5.41, 5.74) is 2.10. The number of halogens is 1. The van der Waals surface area contributed by atoms with E-state index in [9.17, 15) is 0 Å². The normalized spacial score (nSPS) is 13.2. The Balaban J connectivity index is 2.22. The van der Waals surface area contributed by atoms with Gasteiger partial charge in [-0.25, -0.2) is 9.50 Å². The van der Waals surface area contributed by atoms with Crippen LogP contribution in [0.3, 0.4) is 0 Å². The molecule has 0 radical (unpaired) electrons. The molecule has 0 fully saturated rings. The monoisotopic (exact) mass is 266 g/mol. The van der Waals surface area contributed by atoms with E-state index in [1.54, 1.807) is 6.20 Å². The number of fused-ring (bicyclic) bond motifs is 1. The lowest BCUT2D eigenvalue weighted by Crippen LogP contribution is -2.08. The van der Waals surface area contributed by atoms with Crippen LogP contribution in [0.25, 0.3) is 5.52 Å². The van der Waals surface area contributed by atoms with E-state index in [-0.39, 0.29) is 5.38 Å². The van der Waals surface area contributed by atoms with Crippen LogP contribution >= 0.6 is 11.6 Å². The Morgan fingerprint density at radius 2 is 2.17 bits per heavy atom. The molecule has 0 saturated carbocycles. The van der Waals surface area contributed by atoms with Crippen molar-refractivity contribution in [2.75, 3.05) is 11.9 Å². The summed E-state index contributed by atoms with van der Waals surface area (Å²) in [6.07, 6.45) is 4.54. The summed E-state index contributed by atoms with van der Waals surface area (Å²) in [6, 6.07) is 2.09. The van der Waals surface area contributed by atoms with Crippen LogP contribution in [0.2, 0.25) is 0 Å². The molecule has 0 bridgehead atoms. The molecule has 1 unspecified atom stereocenters. The van der Waals surface area contributed by atoms with Gasteiger partial charge in [0.2, 0.25) is 0 Å². The number of alkyl halides is 1. The molecule has 0 aliphatic carbocycles. The number of hydrogen-bond donors (Lipinski definition) is 1. The fourth-order valence-corrected chi connectivity index (χ4v) is 1.86. The molecular formula is C13H19ClN4. The van der Waals surface area contributed by atoms with Crippen LogP contribution in [0.1, 0.15) is 38.8 Å². The Kier molecular flexibility index (Phi) is 4.07. The van der Waals surface area contributed by atoms with Gasteiger partial charge < -0.3 is 5.32 Å². The maximum Gasteiger partial charge on any atom is 0.152 e. The number of hydrogen-bond acceptors (Lipinski definition) is 3. The van der Waals surface area contributed by atoms with Gasteiger partial charge in [0.05, 0.1) is 5.69 Å². The van der Waals surface area contributed by atoms with Crippen LogP contribution in [0.15, 0.2) is 18.5 Å². The molecule has 1 atom stereocenters. The Bertz CT molecular complexity index is 519. The van der Waals surface area contributed by atoms with Crippen LogP contribution in [0.4, 0.5) is 5.82 Å². The average molecular weight is 267 g/mol. The molecule has 0 aliphatic heterocycles. The molecule has 0 spiro atoms. The van der Waals surface area contributed by atoms with Crippen molar-refractivity contribution in [3.05, 3.63) is 24.2 Å². The second-order valence-electron chi connectivity index (χ2n) is 4.83. The van der Waals surface area contributed by atoms with E-state index in [1.807, 2.05) is 17.6 Å². The Hall–Kier alpha value is -1.29. The van der Waals surface area contributed by atoms with E-state index in [0.29, 0.717) is 5.92 Å². The van der Waals surface area contributed by atoms with Gasteiger partial charge in [0.15, 0.2) is 5.82 Å². The van der Waals surface area contributed by atoms with Crippen molar-refractivity contribution < 1.29 is 0 Å². The van der Waals surface area contributed by atoms with Gasteiger partial charge in [-0.2, -0.15) is 5.10 Å². The molecule has 0 aliphatic rings. The van der Waals surface area contributed by atoms with Gasteiger partial charge in [-0.15, -0.1) is 11.6 Å². The number of anilines is 1. The zero-order chi connectivity index (χ0) is 13.1. The van der Waals surface area contributed by atoms with Gasteiger partial charge in [0.1, 0.15) is 5.52 Å². The van der Waals surface area contributed by atoms with Crippen molar-refractivity contribution in [1.29, 1.82) is 0 Å². The first-order valence-corrected chi connectivity index (χ1v) is 6.74. The standard InChI is InChI=1S/C13H19ClN4/c1-9(2)11-8-12-13(15-5-4-10(3)14)16-6-7-18(12)17-11/h6-10H,4-5H2,1-3H3,(H,15,16). The molecule has 4 nitrogen and oxygen atoms in total. The Morgan fingerprint density at radius 1 is 1.39 bits per heavy atom. The first-order valence-electron chi connectivity index (χ1n) is 6.30. The van der Waals surface area contributed by atoms with Crippen molar-refractivity contribution in [1.82, 2.24) is 14.6 Å². The van der Waals surface area contributed by atoms with E-state index >= 15 is 0 Å². The van der Waals surface area contributed by atoms with Crippen molar-refractivity contribution >= 4 is 22.9 Å². The highest BCUT2D eigenvalue weighted by Crippen LogP contribution is 2.19. The minimum Gasteiger partial charge on any atom is -0.368 e. The summed E-state index contributed by atoms with van der Waals surface area (Å²) >= 11 is 5.93. The summed E-state index contributed by atoms with van der Waals surface area (Å²) in [4.78, 5) is 4.36. The summed E-state index contributed by atoms with van der Waals surface area (Å²) in [5.74, 6) is 1.29. The van der Waals surface area contributed by atoms with Gasteiger partial charge in [-0.3, -0.25) is 0 Å². The summed E-state index contributed by atoms with van der Waals surface area (Å²) in [6.45, 7) is 7.08. The highest BCUT2D eigenvalue weighted by Gasteiger charge is 2.09. The second-order valence-corrected chi connectivity index (χ2v) is 5.57. The fourth-order valence-electron chi connectivity index (χ4n) is 1.75. The number of rotatable bonds is 5. The molecule has 2 aromatic rings. The van der Waals surface area contributed by atoms with Crippen molar-refractivity contribution in [2.45, 2.75) is 38.5 Å². The molecule has 2 heterocycles. The molecular weight excluding hydrogens is 248 g/mol. The van der Waals surface area contributed by atoms with E-state index in [4.69, 9.17) is 11.6 Å². The van der Waals surface area contributed by atoms with Crippen molar-refractivity contribution in [3.8, 4) is 0 Å². The fraction of sp³-hybridized carbons (Fsp3) is 0.538. The van der Waals surface area contributed by atoms with Gasteiger partial charge in [0, 0.05) is 24.3 Å². The second kappa shape index (κ2) is 5.57. The Morgan fingerprint density at radius 3 is 2.83 bits per heavy atom. The molecule has 0 aromatic carbocycles. The quantitative estimate of drug-likeness (QED) is 0.845. The minimum absolute atomic E-state index is 0.174. The first kappa shape index (κ1) is 13.1. The number of nitrogens with zero attached hydrogens (tertiary/aromatic N) is 3. The minimum atomic E-state index is 0.174. The third-order valence-electron chi connectivity index (χ3n) is 2.83. The smallest absolute Gasteiger partial charge is 0.152 e. The van der Waals surface area contributed by atoms with Crippen molar-refractivity contribution in [3.63, 3.8) is 0 Å². The topological polar surface area (TPSA) is 42.2 Å². The molecule has 0 amide bonds. The molecule has 2 aromatic heterocycles. The van der Waals surface area contributed by atoms with Gasteiger partial charge in [-0.1, -0.05) is 13.8 Å². The molecule has 5 heteroatoms. The van der Waals surface area contributed by atoms with E-state index in [0.717, 1.165) is 30.0 Å². The van der Waals surface area contributed by atoms with Crippen LogP contribution in [-0.2, 0) is 0 Å². The summed E-state index contributed by atoms with van der Waals surface area (Å²) in [5, 5.41) is 8.02. The third kappa shape index (κ3) is 2.93. The molecule has 1 N–H and O–H groups in total. The first-order chi connectivity index (χ1) is 8.58. The summed E-state index contributed by atoms with van der Waals surface area (Å²) in [7, 11) is 0. The van der Waals surface area contributed by atoms with Crippen LogP contribution in [0.5, 0.6) is 0 Å². The van der Waals surface area contributed by atoms with Gasteiger partial charge >= 0.3 is 0 Å². The largest absolute Gasteiger partial charge is 0.368 e. The third-order valence-corrected chi connectivity index (χ3v) is 3.05. The van der Waals surface area contributed by atoms with E-state index in [1.165, 1.54) is 0 Å². The predicted molar refractivity (Wildman–Crippen MR) is 75.5 cm³/mol. The highest BCUT2D eigenvalue weighted by molar-refractivity contribution is 6.20. The lowest BCUT2D eigenvalue weighted by Gasteiger charge is -2.07. The molecule has 2 rings (SSSR count). The number of aromatic nitrogens is 3. The van der Waals surface area contributed by atoms with E-state index < -0.39 is 0 Å². The van der Waals surface area contributed by atoms with Crippen molar-refractivity contribution in [2.24, 2.45) is 0 Å². The average Bonchev–Trinajstić information content (AvgIpc) is 2.73. The van der Waals surface area contributed by atoms with Crippen LogP contribution in [0, 0.1) is 0 Å². The lowest BCUT2D eigenvalue weighted by atomic mass is 10.1. The van der Waals surface area contributed by atoms with Crippen LogP contribution < -0.4 is 5.32 Å². The number of nitrogens with one attached hydrogen (secondary N) is 1. The zero-order valence-corrected chi connectivity index (χ0v) is 11.8. The maximum absolute atomic E-state index is 5.93. The molecule has 18 heavy (non-hydrogen) atoms. The predicted octanol–water partition coefficient (Wildman–Crippen LogP) is 3.28.